The molecule has 4 saturated carbocycles. The molecule has 118 valence electrons. The number of carbonyl (C=O) groups is 1. The Balaban J connectivity index is 1.55. The molecular weight excluding hydrogens is 324 g/mol. The minimum absolute atomic E-state index is 0.0701. The maximum atomic E-state index is 12.5. The number of hydrogen-bond acceptors (Lipinski definition) is 4. The normalized spacial score (nSPS) is 35.6. The highest BCUT2D eigenvalue weighted by atomic mass is 35.5. The monoisotopic (exact) mass is 340 g/mol. The van der Waals surface area contributed by atoms with Crippen molar-refractivity contribution < 1.29 is 9.72 Å². The first-order valence-corrected chi connectivity index (χ1v) is 8.90. The molecule has 5 rings (SSSR count). The lowest BCUT2D eigenvalue weighted by molar-refractivity contribution is -0.384. The van der Waals surface area contributed by atoms with Crippen LogP contribution in [0.3, 0.4) is 0 Å². The van der Waals surface area contributed by atoms with E-state index in [9.17, 15) is 14.9 Å². The van der Waals surface area contributed by atoms with Gasteiger partial charge in [-0.15, -0.1) is 11.3 Å². The number of nitrogens with zero attached hydrogens (tertiary/aromatic N) is 1. The second-order valence-electron chi connectivity index (χ2n) is 7.18. The van der Waals surface area contributed by atoms with Crippen LogP contribution in [0.4, 0.5) is 5.69 Å². The van der Waals surface area contributed by atoms with Crippen LogP contribution in [0.1, 0.15) is 48.2 Å². The Bertz CT molecular complexity index is 622. The molecule has 4 bridgehead atoms. The number of nitro groups is 1. The number of rotatable bonds is 3. The van der Waals surface area contributed by atoms with Gasteiger partial charge in [0.2, 0.25) is 0 Å². The van der Waals surface area contributed by atoms with Gasteiger partial charge in [-0.2, -0.15) is 0 Å². The van der Waals surface area contributed by atoms with E-state index in [1.54, 1.807) is 0 Å². The Morgan fingerprint density at radius 3 is 2.27 bits per heavy atom. The molecule has 0 spiro atoms. The SMILES string of the molecule is O=C(NC12CC3CC(CC(C3)C1)C2)c1cc([N+](=O)[O-])c(Cl)s1. The lowest BCUT2D eigenvalue weighted by Gasteiger charge is -2.56. The van der Waals surface area contributed by atoms with E-state index < -0.39 is 4.92 Å². The number of nitrogens with one attached hydrogen (secondary N) is 1. The molecule has 4 aliphatic carbocycles. The second kappa shape index (κ2) is 4.93. The molecule has 4 fully saturated rings. The van der Waals surface area contributed by atoms with Crippen LogP contribution in [0, 0.1) is 27.9 Å². The average Bonchev–Trinajstić information content (AvgIpc) is 2.79. The predicted octanol–water partition coefficient (Wildman–Crippen LogP) is 4.01. The molecule has 22 heavy (non-hydrogen) atoms. The lowest BCUT2D eigenvalue weighted by Crippen LogP contribution is -2.59. The van der Waals surface area contributed by atoms with E-state index in [2.05, 4.69) is 5.32 Å². The van der Waals surface area contributed by atoms with Crippen molar-refractivity contribution in [2.45, 2.75) is 44.1 Å². The van der Waals surface area contributed by atoms with Crippen LogP contribution in [0.5, 0.6) is 0 Å². The van der Waals surface area contributed by atoms with Crippen molar-refractivity contribution in [2.75, 3.05) is 0 Å². The van der Waals surface area contributed by atoms with E-state index in [-0.39, 0.29) is 21.5 Å². The molecule has 0 atom stereocenters. The first kappa shape index (κ1) is 14.5. The van der Waals surface area contributed by atoms with E-state index >= 15 is 0 Å². The average molecular weight is 341 g/mol. The molecule has 1 amide bonds. The summed E-state index contributed by atoms with van der Waals surface area (Å²) in [6, 6.07) is 1.29. The van der Waals surface area contributed by atoms with Crippen LogP contribution in [-0.4, -0.2) is 16.4 Å². The quantitative estimate of drug-likeness (QED) is 0.667. The van der Waals surface area contributed by atoms with Crippen molar-refractivity contribution >= 4 is 34.5 Å². The molecule has 0 unspecified atom stereocenters. The largest absolute Gasteiger partial charge is 0.346 e. The van der Waals surface area contributed by atoms with Gasteiger partial charge in [0, 0.05) is 11.6 Å². The topological polar surface area (TPSA) is 72.2 Å². The van der Waals surface area contributed by atoms with Gasteiger partial charge in [0.05, 0.1) is 4.92 Å². The summed E-state index contributed by atoms with van der Waals surface area (Å²) in [4.78, 5) is 23.2. The highest BCUT2D eigenvalue weighted by Crippen LogP contribution is 2.55. The second-order valence-corrected chi connectivity index (χ2v) is 8.83. The van der Waals surface area contributed by atoms with Gasteiger partial charge < -0.3 is 5.32 Å². The molecule has 0 aromatic carbocycles. The third kappa shape index (κ3) is 2.33. The highest BCUT2D eigenvalue weighted by molar-refractivity contribution is 7.18. The fraction of sp³-hybridized carbons (Fsp3) is 0.667. The molecule has 7 heteroatoms. The molecule has 0 radical (unpaired) electrons. The summed E-state index contributed by atoms with van der Waals surface area (Å²) in [6.45, 7) is 0. The van der Waals surface area contributed by atoms with Crippen LogP contribution in [0.15, 0.2) is 6.07 Å². The smallest absolute Gasteiger partial charge is 0.299 e. The van der Waals surface area contributed by atoms with Gasteiger partial charge in [0.1, 0.15) is 4.88 Å². The standard InChI is InChI=1S/C15H17ClN2O3S/c16-13-11(18(20)21)4-12(22-13)14(19)17-15-5-8-1-9(6-15)3-10(2-8)7-15/h4,8-10H,1-3,5-7H2,(H,17,19). The molecule has 0 aliphatic heterocycles. The zero-order valence-corrected chi connectivity index (χ0v) is 13.6. The summed E-state index contributed by atoms with van der Waals surface area (Å²) in [5, 5.41) is 14.1. The Morgan fingerprint density at radius 2 is 1.82 bits per heavy atom. The lowest BCUT2D eigenvalue weighted by atomic mass is 9.53. The Labute approximate surface area is 137 Å². The molecule has 1 aromatic rings. The van der Waals surface area contributed by atoms with E-state index in [1.807, 2.05) is 0 Å². The third-order valence-electron chi connectivity index (χ3n) is 5.51. The molecule has 4 aliphatic rings. The van der Waals surface area contributed by atoms with Gasteiger partial charge in [-0.05, 0) is 56.3 Å². The number of amides is 1. The number of thiophene rings is 1. The summed E-state index contributed by atoms with van der Waals surface area (Å²) in [5.41, 5.74) is -0.265. The van der Waals surface area contributed by atoms with Crippen LogP contribution < -0.4 is 5.32 Å². The fourth-order valence-corrected chi connectivity index (χ4v) is 6.28. The van der Waals surface area contributed by atoms with Crippen molar-refractivity contribution in [2.24, 2.45) is 17.8 Å². The summed E-state index contributed by atoms with van der Waals surface area (Å²) < 4.78 is 0.0701. The van der Waals surface area contributed by atoms with Crippen LogP contribution in [-0.2, 0) is 0 Å². The number of hydrogen-bond donors (Lipinski definition) is 1. The van der Waals surface area contributed by atoms with Gasteiger partial charge in [0.25, 0.3) is 11.6 Å². The van der Waals surface area contributed by atoms with Crippen LogP contribution in [0.2, 0.25) is 4.34 Å². The molecule has 1 heterocycles. The molecule has 1 aromatic heterocycles. The first-order valence-electron chi connectivity index (χ1n) is 7.70. The third-order valence-corrected chi connectivity index (χ3v) is 6.84. The van der Waals surface area contributed by atoms with Gasteiger partial charge >= 0.3 is 0 Å². The maximum absolute atomic E-state index is 12.5. The molecular formula is C15H17ClN2O3S. The summed E-state index contributed by atoms with van der Waals surface area (Å²) in [5.74, 6) is 2.02. The van der Waals surface area contributed by atoms with Gasteiger partial charge in [-0.25, -0.2) is 0 Å². The Hall–Kier alpha value is -1.14. The Kier molecular flexibility index (Phi) is 3.24. The predicted molar refractivity (Wildman–Crippen MR) is 84.4 cm³/mol. The minimum atomic E-state index is -0.541. The highest BCUT2D eigenvalue weighted by Gasteiger charge is 2.51. The van der Waals surface area contributed by atoms with Gasteiger partial charge in [-0.3, -0.25) is 14.9 Å². The van der Waals surface area contributed by atoms with Crippen molar-refractivity contribution in [3.05, 3.63) is 25.4 Å². The number of halogens is 1. The first-order chi connectivity index (χ1) is 10.4. The van der Waals surface area contributed by atoms with E-state index in [4.69, 9.17) is 11.6 Å². The van der Waals surface area contributed by atoms with Crippen molar-refractivity contribution in [1.82, 2.24) is 5.32 Å². The van der Waals surface area contributed by atoms with Crippen LogP contribution in [0.25, 0.3) is 0 Å². The van der Waals surface area contributed by atoms with Gasteiger partial charge in [0.15, 0.2) is 4.34 Å². The van der Waals surface area contributed by atoms with Gasteiger partial charge in [-0.1, -0.05) is 11.6 Å². The van der Waals surface area contributed by atoms with Crippen molar-refractivity contribution in [3.8, 4) is 0 Å². The summed E-state index contributed by atoms with van der Waals surface area (Å²) in [6.07, 6.45) is 7.12. The van der Waals surface area contributed by atoms with Crippen molar-refractivity contribution in [3.63, 3.8) is 0 Å². The van der Waals surface area contributed by atoms with Crippen LogP contribution >= 0.6 is 22.9 Å². The fourth-order valence-electron chi connectivity index (χ4n) is 5.16. The molecule has 0 saturated heterocycles. The Morgan fingerprint density at radius 1 is 1.27 bits per heavy atom. The summed E-state index contributed by atoms with van der Waals surface area (Å²) in [7, 11) is 0. The molecule has 5 nitrogen and oxygen atoms in total. The minimum Gasteiger partial charge on any atom is -0.346 e. The van der Waals surface area contributed by atoms with E-state index in [0.717, 1.165) is 48.4 Å². The van der Waals surface area contributed by atoms with Crippen molar-refractivity contribution in [1.29, 1.82) is 0 Å². The maximum Gasteiger partial charge on any atom is 0.299 e. The zero-order valence-electron chi connectivity index (χ0n) is 12.0. The number of carbonyl (C=O) groups excluding carboxylic acids is 1. The van der Waals surface area contributed by atoms with E-state index in [1.165, 1.54) is 25.3 Å². The molecule has 1 N–H and O–H groups in total. The summed E-state index contributed by atoms with van der Waals surface area (Å²) >= 11 is 6.85. The zero-order chi connectivity index (χ0) is 15.5. The van der Waals surface area contributed by atoms with E-state index in [0.29, 0.717) is 4.88 Å².